The Morgan fingerprint density at radius 3 is 2.80 bits per heavy atom. The van der Waals surface area contributed by atoms with Gasteiger partial charge in [0.25, 0.3) is 0 Å². The summed E-state index contributed by atoms with van der Waals surface area (Å²) in [5.74, 6) is 1.65. The van der Waals surface area contributed by atoms with Crippen LogP contribution < -0.4 is 10.2 Å². The molecule has 0 aliphatic carbocycles. The van der Waals surface area contributed by atoms with Crippen molar-refractivity contribution in [3.63, 3.8) is 0 Å². The average molecular weight is 331 g/mol. The third-order valence-electron chi connectivity index (χ3n) is 4.47. The molecule has 1 N–H and O–H groups in total. The second-order valence-corrected chi connectivity index (χ2v) is 6.35. The van der Waals surface area contributed by atoms with Crippen molar-refractivity contribution in [1.29, 1.82) is 0 Å². The van der Waals surface area contributed by atoms with Crippen molar-refractivity contribution >= 4 is 11.8 Å². The van der Waals surface area contributed by atoms with Gasteiger partial charge in [0, 0.05) is 43.8 Å². The van der Waals surface area contributed by atoms with Gasteiger partial charge in [-0.15, -0.1) is 0 Å². The molecule has 5 nitrogen and oxygen atoms in total. The Morgan fingerprint density at radius 2 is 1.96 bits per heavy atom. The van der Waals surface area contributed by atoms with Gasteiger partial charge < -0.3 is 10.2 Å². The van der Waals surface area contributed by atoms with Crippen LogP contribution in [0.2, 0.25) is 0 Å². The van der Waals surface area contributed by atoms with Gasteiger partial charge in [-0.25, -0.2) is 4.98 Å². The third kappa shape index (κ3) is 3.60. The van der Waals surface area contributed by atoms with Crippen LogP contribution in [-0.4, -0.2) is 21.5 Å². The van der Waals surface area contributed by atoms with Crippen molar-refractivity contribution in [3.05, 3.63) is 77.2 Å². The summed E-state index contributed by atoms with van der Waals surface area (Å²) in [7, 11) is 0. The van der Waals surface area contributed by atoms with Crippen LogP contribution >= 0.6 is 0 Å². The fourth-order valence-electron chi connectivity index (χ4n) is 3.17. The summed E-state index contributed by atoms with van der Waals surface area (Å²) in [6, 6.07) is 14.7. The van der Waals surface area contributed by atoms with Crippen molar-refractivity contribution in [2.45, 2.75) is 26.4 Å². The van der Waals surface area contributed by atoms with E-state index < -0.39 is 0 Å². The van der Waals surface area contributed by atoms with E-state index in [0.29, 0.717) is 12.5 Å². The van der Waals surface area contributed by atoms with Gasteiger partial charge in [0.1, 0.15) is 5.82 Å². The topological polar surface area (TPSA) is 53.9 Å². The number of benzene rings is 1. The van der Waals surface area contributed by atoms with Crippen LogP contribution in [0, 0.1) is 6.92 Å². The number of hydrogen-bond donors (Lipinski definition) is 1. The van der Waals surface area contributed by atoms with E-state index in [1.807, 2.05) is 25.3 Å². The van der Waals surface area contributed by atoms with Gasteiger partial charge in [0.2, 0.25) is 5.95 Å². The van der Waals surface area contributed by atoms with E-state index in [-0.39, 0.29) is 0 Å². The zero-order chi connectivity index (χ0) is 17.1. The first-order chi connectivity index (χ1) is 12.3. The molecule has 0 unspecified atom stereocenters. The maximum atomic E-state index is 4.73. The van der Waals surface area contributed by atoms with Crippen LogP contribution in [0.25, 0.3) is 0 Å². The van der Waals surface area contributed by atoms with E-state index in [0.717, 1.165) is 36.6 Å². The highest BCUT2D eigenvalue weighted by Gasteiger charge is 2.18. The molecule has 2 aromatic heterocycles. The maximum absolute atomic E-state index is 4.73. The predicted molar refractivity (Wildman–Crippen MR) is 99.5 cm³/mol. The van der Waals surface area contributed by atoms with Crippen LogP contribution in [-0.2, 0) is 19.5 Å². The van der Waals surface area contributed by atoms with Gasteiger partial charge in [-0.2, -0.15) is 4.98 Å². The number of anilines is 2. The molecule has 126 valence electrons. The number of nitrogens with one attached hydrogen (secondary N) is 1. The van der Waals surface area contributed by atoms with Gasteiger partial charge in [-0.3, -0.25) is 4.98 Å². The van der Waals surface area contributed by atoms with Crippen molar-refractivity contribution in [3.8, 4) is 0 Å². The molecule has 1 aliphatic rings. The Labute approximate surface area is 147 Å². The quantitative estimate of drug-likeness (QED) is 0.794. The molecule has 0 saturated heterocycles. The Bertz CT molecular complexity index is 863. The van der Waals surface area contributed by atoms with Crippen LogP contribution in [0.3, 0.4) is 0 Å². The van der Waals surface area contributed by atoms with Gasteiger partial charge >= 0.3 is 0 Å². The van der Waals surface area contributed by atoms with Gasteiger partial charge in [0.15, 0.2) is 0 Å². The molecule has 25 heavy (non-hydrogen) atoms. The minimum atomic E-state index is 0.665. The van der Waals surface area contributed by atoms with E-state index in [1.165, 1.54) is 11.1 Å². The lowest BCUT2D eigenvalue weighted by molar-refractivity contribution is 0.718. The predicted octanol–water partition coefficient (Wildman–Crippen LogP) is 3.35. The molecule has 0 amide bonds. The highest BCUT2D eigenvalue weighted by molar-refractivity contribution is 5.48. The molecule has 4 rings (SSSR count). The largest absolute Gasteiger partial charge is 0.352 e. The Hall–Kier alpha value is -2.95. The summed E-state index contributed by atoms with van der Waals surface area (Å²) in [6.45, 7) is 4.56. The first-order valence-corrected chi connectivity index (χ1v) is 8.58. The normalized spacial score (nSPS) is 13.4. The zero-order valence-corrected chi connectivity index (χ0v) is 14.3. The summed E-state index contributed by atoms with van der Waals surface area (Å²) in [5.41, 5.74) is 4.91. The first-order valence-electron chi connectivity index (χ1n) is 8.58. The monoisotopic (exact) mass is 331 g/mol. The fraction of sp³-hybridized carbons (Fsp3) is 0.250. The van der Waals surface area contributed by atoms with E-state index >= 15 is 0 Å². The van der Waals surface area contributed by atoms with Crippen LogP contribution in [0.4, 0.5) is 11.8 Å². The van der Waals surface area contributed by atoms with Crippen molar-refractivity contribution in [1.82, 2.24) is 15.0 Å². The summed E-state index contributed by atoms with van der Waals surface area (Å²) >= 11 is 0. The SMILES string of the molecule is Cc1cc(N2CCc3ccccc3C2)nc(NCc2cccnc2)n1. The van der Waals surface area contributed by atoms with Gasteiger partial charge in [-0.05, 0) is 36.1 Å². The van der Waals surface area contributed by atoms with E-state index in [9.17, 15) is 0 Å². The molecular weight excluding hydrogens is 310 g/mol. The first kappa shape index (κ1) is 15.6. The molecular formula is C20H21N5. The minimum absolute atomic E-state index is 0.665. The lowest BCUT2D eigenvalue weighted by Crippen LogP contribution is -2.31. The Balaban J connectivity index is 1.52. The van der Waals surface area contributed by atoms with Crippen molar-refractivity contribution in [2.24, 2.45) is 0 Å². The number of hydrogen-bond acceptors (Lipinski definition) is 5. The fourth-order valence-corrected chi connectivity index (χ4v) is 3.17. The van der Waals surface area contributed by atoms with E-state index in [4.69, 9.17) is 4.98 Å². The number of rotatable bonds is 4. The molecule has 3 aromatic rings. The third-order valence-corrected chi connectivity index (χ3v) is 4.47. The molecule has 0 fully saturated rings. The molecule has 1 aromatic carbocycles. The standard InChI is InChI=1S/C20H21N5/c1-15-11-19(25-10-8-17-6-2-3-7-18(17)14-25)24-20(23-15)22-13-16-5-4-9-21-12-16/h2-7,9,11-12H,8,10,13-14H2,1H3,(H,22,23,24). The molecule has 1 aliphatic heterocycles. The maximum Gasteiger partial charge on any atom is 0.225 e. The number of fused-ring (bicyclic) bond motifs is 1. The minimum Gasteiger partial charge on any atom is -0.352 e. The second-order valence-electron chi connectivity index (χ2n) is 6.35. The van der Waals surface area contributed by atoms with Gasteiger partial charge in [0.05, 0.1) is 0 Å². The van der Waals surface area contributed by atoms with Crippen LogP contribution in [0.5, 0.6) is 0 Å². The summed E-state index contributed by atoms with van der Waals surface area (Å²) < 4.78 is 0. The number of aryl methyl sites for hydroxylation is 1. The lowest BCUT2D eigenvalue weighted by Gasteiger charge is -2.30. The summed E-state index contributed by atoms with van der Waals surface area (Å²) in [6.07, 6.45) is 4.68. The Morgan fingerprint density at radius 1 is 1.08 bits per heavy atom. The highest BCUT2D eigenvalue weighted by Crippen LogP contribution is 2.24. The average Bonchev–Trinajstić information content (AvgIpc) is 2.66. The smallest absolute Gasteiger partial charge is 0.225 e. The van der Waals surface area contributed by atoms with Crippen LogP contribution in [0.1, 0.15) is 22.4 Å². The van der Waals surface area contributed by atoms with Crippen molar-refractivity contribution < 1.29 is 0 Å². The molecule has 0 bridgehead atoms. The lowest BCUT2D eigenvalue weighted by atomic mass is 10.00. The molecule has 0 saturated carbocycles. The van der Waals surface area contributed by atoms with Crippen molar-refractivity contribution in [2.75, 3.05) is 16.8 Å². The number of pyridine rings is 1. The van der Waals surface area contributed by atoms with Crippen LogP contribution in [0.15, 0.2) is 54.9 Å². The molecule has 0 spiro atoms. The highest BCUT2D eigenvalue weighted by atomic mass is 15.2. The molecule has 3 heterocycles. The zero-order valence-electron chi connectivity index (χ0n) is 14.3. The second kappa shape index (κ2) is 6.89. The molecule has 0 radical (unpaired) electrons. The number of nitrogens with zero attached hydrogens (tertiary/aromatic N) is 4. The van der Waals surface area contributed by atoms with E-state index in [2.05, 4.69) is 50.5 Å². The number of aromatic nitrogens is 3. The van der Waals surface area contributed by atoms with E-state index in [1.54, 1.807) is 6.20 Å². The van der Waals surface area contributed by atoms with Gasteiger partial charge in [-0.1, -0.05) is 30.3 Å². The molecule has 5 heteroatoms. The summed E-state index contributed by atoms with van der Waals surface area (Å²) in [4.78, 5) is 15.7. The molecule has 0 atom stereocenters. The summed E-state index contributed by atoms with van der Waals surface area (Å²) in [5, 5.41) is 3.31. The Kier molecular flexibility index (Phi) is 4.29.